The molecule has 5 heteroatoms. The molecular formula is C13H13ClN2O2. The van der Waals surface area contributed by atoms with E-state index >= 15 is 0 Å². The van der Waals surface area contributed by atoms with Crippen LogP contribution in [0.3, 0.4) is 0 Å². The maximum absolute atomic E-state index is 6.00. The van der Waals surface area contributed by atoms with E-state index in [1.165, 1.54) is 6.20 Å². The second-order valence-corrected chi connectivity index (χ2v) is 4.22. The lowest BCUT2D eigenvalue weighted by Crippen LogP contribution is -1.94. The number of nitrogen functional groups attached to an aromatic ring is 1. The van der Waals surface area contributed by atoms with Crippen LogP contribution in [0.2, 0.25) is 5.02 Å². The van der Waals surface area contributed by atoms with Gasteiger partial charge >= 0.3 is 0 Å². The minimum absolute atomic E-state index is 0.299. The third-order valence-corrected chi connectivity index (χ3v) is 2.63. The Labute approximate surface area is 110 Å². The largest absolute Gasteiger partial charge is 0.493 e. The van der Waals surface area contributed by atoms with Crippen LogP contribution in [0.15, 0.2) is 30.5 Å². The lowest BCUT2D eigenvalue weighted by molar-refractivity contribution is 0.374. The zero-order chi connectivity index (χ0) is 13.1. The summed E-state index contributed by atoms with van der Waals surface area (Å²) in [6, 6.07) is 7.19. The predicted octanol–water partition coefficient (Wildman–Crippen LogP) is 3.43. The first-order chi connectivity index (χ1) is 8.60. The van der Waals surface area contributed by atoms with Crippen molar-refractivity contribution in [2.45, 2.75) is 6.92 Å². The molecule has 0 radical (unpaired) electrons. The van der Waals surface area contributed by atoms with Gasteiger partial charge in [-0.05, 0) is 30.7 Å². The fraction of sp³-hybridized carbons (Fsp3) is 0.154. The van der Waals surface area contributed by atoms with E-state index in [0.717, 1.165) is 5.56 Å². The third-order valence-electron chi connectivity index (χ3n) is 2.35. The second-order valence-electron chi connectivity index (χ2n) is 3.81. The Hall–Kier alpha value is -1.94. The van der Waals surface area contributed by atoms with Gasteiger partial charge in [0.2, 0.25) is 5.88 Å². The normalized spacial score (nSPS) is 10.2. The number of ether oxygens (including phenoxy) is 2. The zero-order valence-corrected chi connectivity index (χ0v) is 10.9. The molecule has 1 aromatic heterocycles. The first-order valence-corrected chi connectivity index (χ1v) is 5.71. The number of hydrogen-bond donors (Lipinski definition) is 1. The fourth-order valence-electron chi connectivity index (χ4n) is 1.48. The Bertz CT molecular complexity index is 573. The van der Waals surface area contributed by atoms with Crippen molar-refractivity contribution in [2.75, 3.05) is 12.8 Å². The lowest BCUT2D eigenvalue weighted by Gasteiger charge is -2.11. The van der Waals surface area contributed by atoms with Crippen LogP contribution in [0.1, 0.15) is 5.56 Å². The van der Waals surface area contributed by atoms with E-state index in [-0.39, 0.29) is 0 Å². The van der Waals surface area contributed by atoms with Crippen molar-refractivity contribution in [3.05, 3.63) is 41.0 Å². The number of rotatable bonds is 3. The highest BCUT2D eigenvalue weighted by molar-refractivity contribution is 6.32. The molecule has 0 saturated carbocycles. The van der Waals surface area contributed by atoms with Crippen LogP contribution in [-0.2, 0) is 0 Å². The highest BCUT2D eigenvalue weighted by Crippen LogP contribution is 2.34. The number of hydrogen-bond acceptors (Lipinski definition) is 4. The third kappa shape index (κ3) is 2.65. The molecule has 0 aliphatic rings. The summed E-state index contributed by atoms with van der Waals surface area (Å²) in [5.74, 6) is 1.49. The van der Waals surface area contributed by atoms with Crippen molar-refractivity contribution >= 4 is 17.3 Å². The van der Waals surface area contributed by atoms with E-state index in [4.69, 9.17) is 26.8 Å². The van der Waals surface area contributed by atoms with Gasteiger partial charge < -0.3 is 15.2 Å². The minimum Gasteiger partial charge on any atom is -0.493 e. The number of aromatic nitrogens is 1. The van der Waals surface area contributed by atoms with Crippen LogP contribution in [-0.4, -0.2) is 12.1 Å². The average Bonchev–Trinajstić information content (AvgIpc) is 2.34. The molecule has 2 rings (SSSR count). The summed E-state index contributed by atoms with van der Waals surface area (Å²) in [5, 5.41) is 0.359. The molecule has 4 nitrogen and oxygen atoms in total. The van der Waals surface area contributed by atoms with Crippen LogP contribution in [0.4, 0.5) is 5.69 Å². The van der Waals surface area contributed by atoms with E-state index in [0.29, 0.717) is 28.1 Å². The van der Waals surface area contributed by atoms with E-state index in [2.05, 4.69) is 4.98 Å². The summed E-state index contributed by atoms with van der Waals surface area (Å²) in [4.78, 5) is 4.04. The van der Waals surface area contributed by atoms with Gasteiger partial charge in [-0.2, -0.15) is 0 Å². The summed E-state index contributed by atoms with van der Waals surface area (Å²) >= 11 is 6.00. The standard InChI is InChI=1S/C13H13ClN2O2/c1-8-3-4-11(12(5-8)17-2)18-13-10(14)6-9(15)7-16-13/h3-7H,15H2,1-2H3. The molecule has 0 bridgehead atoms. The first kappa shape index (κ1) is 12.5. The Morgan fingerprint density at radius 2 is 2.00 bits per heavy atom. The van der Waals surface area contributed by atoms with Crippen LogP contribution >= 0.6 is 11.6 Å². The van der Waals surface area contributed by atoms with Gasteiger partial charge in [0.05, 0.1) is 19.0 Å². The lowest BCUT2D eigenvalue weighted by atomic mass is 10.2. The average molecular weight is 265 g/mol. The number of halogens is 1. The maximum atomic E-state index is 6.00. The maximum Gasteiger partial charge on any atom is 0.238 e. The molecule has 2 N–H and O–H groups in total. The summed E-state index contributed by atoms with van der Waals surface area (Å²) in [5.41, 5.74) is 7.14. The molecule has 0 aliphatic carbocycles. The molecule has 0 fully saturated rings. The molecule has 0 amide bonds. The first-order valence-electron chi connectivity index (χ1n) is 5.33. The molecule has 0 atom stereocenters. The second kappa shape index (κ2) is 5.14. The van der Waals surface area contributed by atoms with Gasteiger partial charge in [0.15, 0.2) is 11.5 Å². The Kier molecular flexibility index (Phi) is 3.58. The van der Waals surface area contributed by atoms with Gasteiger partial charge in [-0.25, -0.2) is 4.98 Å². The number of anilines is 1. The molecule has 0 spiro atoms. The zero-order valence-electron chi connectivity index (χ0n) is 10.1. The van der Waals surface area contributed by atoms with Gasteiger partial charge in [0, 0.05) is 0 Å². The van der Waals surface area contributed by atoms with E-state index in [1.807, 2.05) is 25.1 Å². The number of benzene rings is 1. The highest BCUT2D eigenvalue weighted by atomic mass is 35.5. The van der Waals surface area contributed by atoms with Gasteiger partial charge in [-0.3, -0.25) is 0 Å². The van der Waals surface area contributed by atoms with Crippen molar-refractivity contribution in [1.82, 2.24) is 4.98 Å². The molecule has 2 aromatic rings. The Morgan fingerprint density at radius 1 is 1.22 bits per heavy atom. The van der Waals surface area contributed by atoms with E-state index in [9.17, 15) is 0 Å². The number of nitrogens with two attached hydrogens (primary N) is 1. The smallest absolute Gasteiger partial charge is 0.238 e. The molecular weight excluding hydrogens is 252 g/mol. The summed E-state index contributed by atoms with van der Waals surface area (Å²) < 4.78 is 10.9. The van der Waals surface area contributed by atoms with Gasteiger partial charge in [-0.15, -0.1) is 0 Å². The summed E-state index contributed by atoms with van der Waals surface area (Å²) in [7, 11) is 1.58. The molecule has 1 aromatic carbocycles. The van der Waals surface area contributed by atoms with Crippen LogP contribution in [0.5, 0.6) is 17.4 Å². The number of aryl methyl sites for hydroxylation is 1. The van der Waals surface area contributed by atoms with Gasteiger partial charge in [0.25, 0.3) is 0 Å². The van der Waals surface area contributed by atoms with E-state index < -0.39 is 0 Å². The fourth-order valence-corrected chi connectivity index (χ4v) is 1.69. The van der Waals surface area contributed by atoms with Crippen molar-refractivity contribution in [2.24, 2.45) is 0 Å². The molecule has 0 saturated heterocycles. The van der Waals surface area contributed by atoms with Gasteiger partial charge in [0.1, 0.15) is 5.02 Å². The van der Waals surface area contributed by atoms with Crippen LogP contribution in [0, 0.1) is 6.92 Å². The van der Waals surface area contributed by atoms with Crippen molar-refractivity contribution in [3.63, 3.8) is 0 Å². The minimum atomic E-state index is 0.299. The van der Waals surface area contributed by atoms with Crippen LogP contribution < -0.4 is 15.2 Å². The SMILES string of the molecule is COc1cc(C)ccc1Oc1ncc(N)cc1Cl. The summed E-state index contributed by atoms with van der Waals surface area (Å²) in [6.45, 7) is 1.97. The van der Waals surface area contributed by atoms with Gasteiger partial charge in [-0.1, -0.05) is 17.7 Å². The summed E-state index contributed by atoms with van der Waals surface area (Å²) in [6.07, 6.45) is 1.49. The van der Waals surface area contributed by atoms with Crippen LogP contribution in [0.25, 0.3) is 0 Å². The Balaban J connectivity index is 2.33. The number of methoxy groups -OCH3 is 1. The molecule has 1 heterocycles. The molecule has 0 unspecified atom stereocenters. The highest BCUT2D eigenvalue weighted by Gasteiger charge is 2.09. The quantitative estimate of drug-likeness (QED) is 0.923. The molecule has 18 heavy (non-hydrogen) atoms. The van der Waals surface area contributed by atoms with E-state index in [1.54, 1.807) is 13.2 Å². The Morgan fingerprint density at radius 3 is 2.67 bits per heavy atom. The molecule has 94 valence electrons. The topological polar surface area (TPSA) is 57.4 Å². The van der Waals surface area contributed by atoms with Crippen molar-refractivity contribution < 1.29 is 9.47 Å². The number of nitrogens with zero attached hydrogens (tertiary/aromatic N) is 1. The van der Waals surface area contributed by atoms with Crippen molar-refractivity contribution in [3.8, 4) is 17.4 Å². The van der Waals surface area contributed by atoms with Crippen molar-refractivity contribution in [1.29, 1.82) is 0 Å². The molecule has 0 aliphatic heterocycles. The monoisotopic (exact) mass is 264 g/mol. The predicted molar refractivity (Wildman–Crippen MR) is 71.5 cm³/mol. The number of pyridine rings is 1.